The predicted octanol–water partition coefficient (Wildman–Crippen LogP) is 2.87. The van der Waals surface area contributed by atoms with E-state index in [-0.39, 0.29) is 6.61 Å². The topological polar surface area (TPSA) is 58.3 Å². The average Bonchev–Trinajstić information content (AvgIpc) is 2.80. The molecule has 0 radical (unpaired) electrons. The highest BCUT2D eigenvalue weighted by Crippen LogP contribution is 2.20. The Morgan fingerprint density at radius 2 is 2.17 bits per heavy atom. The molecule has 1 aromatic heterocycles. The number of benzene rings is 1. The Morgan fingerprint density at radius 3 is 2.89 bits per heavy atom. The van der Waals surface area contributed by atoms with Crippen molar-refractivity contribution in [3.63, 3.8) is 0 Å². The minimum Gasteiger partial charge on any atom is -0.398 e. The maximum atomic E-state index is 8.83. The van der Waals surface area contributed by atoms with Crippen LogP contribution in [-0.2, 0) is 13.0 Å². The van der Waals surface area contributed by atoms with Crippen LogP contribution < -0.4 is 11.1 Å². The molecule has 0 amide bonds. The third kappa shape index (κ3) is 3.48. The van der Waals surface area contributed by atoms with Crippen LogP contribution in [0.15, 0.2) is 35.7 Å². The maximum Gasteiger partial charge on any atom is 0.0514 e. The summed E-state index contributed by atoms with van der Waals surface area (Å²) in [6, 6.07) is 10.2. The summed E-state index contributed by atoms with van der Waals surface area (Å²) >= 11 is 1.67. The fourth-order valence-corrected chi connectivity index (χ4v) is 2.54. The van der Waals surface area contributed by atoms with Gasteiger partial charge in [-0.05, 0) is 42.0 Å². The first kappa shape index (κ1) is 12.9. The zero-order valence-electron chi connectivity index (χ0n) is 10.2. The molecular weight excluding hydrogens is 244 g/mol. The molecule has 0 aliphatic heterocycles. The third-order valence-corrected chi connectivity index (χ3v) is 3.72. The van der Waals surface area contributed by atoms with Gasteiger partial charge in [0.2, 0.25) is 0 Å². The minimum atomic E-state index is 0.239. The summed E-state index contributed by atoms with van der Waals surface area (Å²) < 4.78 is 0. The first-order valence-corrected chi connectivity index (χ1v) is 6.93. The van der Waals surface area contributed by atoms with E-state index >= 15 is 0 Å². The number of hydrogen-bond donors (Lipinski definition) is 3. The van der Waals surface area contributed by atoms with E-state index in [4.69, 9.17) is 10.8 Å². The molecule has 1 heterocycles. The van der Waals surface area contributed by atoms with Crippen LogP contribution in [0.3, 0.4) is 0 Å². The van der Waals surface area contributed by atoms with Gasteiger partial charge in [0.05, 0.1) is 6.54 Å². The molecular formula is C14H18N2OS. The number of aryl methyl sites for hydroxylation is 1. The van der Waals surface area contributed by atoms with Crippen molar-refractivity contribution in [3.8, 4) is 0 Å². The molecule has 0 atom stereocenters. The van der Waals surface area contributed by atoms with Crippen molar-refractivity contribution in [2.75, 3.05) is 17.7 Å². The van der Waals surface area contributed by atoms with Crippen LogP contribution in [0.1, 0.15) is 16.9 Å². The Morgan fingerprint density at radius 1 is 1.28 bits per heavy atom. The van der Waals surface area contributed by atoms with Gasteiger partial charge in [-0.1, -0.05) is 12.1 Å². The van der Waals surface area contributed by atoms with E-state index in [0.717, 1.165) is 35.6 Å². The first-order valence-electron chi connectivity index (χ1n) is 6.05. The lowest BCUT2D eigenvalue weighted by Gasteiger charge is -2.08. The van der Waals surface area contributed by atoms with Crippen molar-refractivity contribution in [2.24, 2.45) is 0 Å². The van der Waals surface area contributed by atoms with Crippen LogP contribution in [0.25, 0.3) is 0 Å². The second-order valence-electron chi connectivity index (χ2n) is 4.18. The lowest BCUT2D eigenvalue weighted by Crippen LogP contribution is -2.00. The smallest absolute Gasteiger partial charge is 0.0514 e. The SMILES string of the molecule is Nc1ccsc1CNc1cccc(CCCO)c1. The second-order valence-corrected chi connectivity index (χ2v) is 5.18. The van der Waals surface area contributed by atoms with Crippen molar-refractivity contribution in [2.45, 2.75) is 19.4 Å². The van der Waals surface area contributed by atoms with Gasteiger partial charge in [0.25, 0.3) is 0 Å². The molecule has 4 N–H and O–H groups in total. The van der Waals surface area contributed by atoms with E-state index in [2.05, 4.69) is 17.4 Å². The molecule has 2 rings (SSSR count). The summed E-state index contributed by atoms with van der Waals surface area (Å²) in [5, 5.41) is 14.2. The Bertz CT molecular complexity index is 496. The zero-order chi connectivity index (χ0) is 12.8. The Labute approximate surface area is 111 Å². The van der Waals surface area contributed by atoms with Crippen molar-refractivity contribution in [1.82, 2.24) is 0 Å². The maximum absolute atomic E-state index is 8.83. The largest absolute Gasteiger partial charge is 0.398 e. The number of thiophene rings is 1. The molecule has 0 unspecified atom stereocenters. The number of rotatable bonds is 6. The summed E-state index contributed by atoms with van der Waals surface area (Å²) in [6.45, 7) is 0.996. The van der Waals surface area contributed by atoms with Crippen molar-refractivity contribution in [3.05, 3.63) is 46.2 Å². The van der Waals surface area contributed by atoms with Crippen LogP contribution in [0.4, 0.5) is 11.4 Å². The summed E-state index contributed by atoms with van der Waals surface area (Å²) in [7, 11) is 0. The Kier molecular flexibility index (Phi) is 4.61. The fraction of sp³-hybridized carbons (Fsp3) is 0.286. The molecule has 0 saturated carbocycles. The van der Waals surface area contributed by atoms with Crippen molar-refractivity contribution >= 4 is 22.7 Å². The highest BCUT2D eigenvalue weighted by molar-refractivity contribution is 7.10. The number of aliphatic hydroxyl groups is 1. The molecule has 0 saturated heterocycles. The fourth-order valence-electron chi connectivity index (χ4n) is 1.80. The lowest BCUT2D eigenvalue weighted by atomic mass is 10.1. The van der Waals surface area contributed by atoms with Crippen molar-refractivity contribution in [1.29, 1.82) is 0 Å². The number of nitrogens with two attached hydrogens (primary N) is 1. The summed E-state index contributed by atoms with van der Waals surface area (Å²) in [5.41, 5.74) is 9.03. The number of hydrogen-bond acceptors (Lipinski definition) is 4. The van der Waals surface area contributed by atoms with Gasteiger partial charge >= 0.3 is 0 Å². The summed E-state index contributed by atoms with van der Waals surface area (Å²) in [5.74, 6) is 0. The minimum absolute atomic E-state index is 0.239. The second kappa shape index (κ2) is 6.42. The standard InChI is InChI=1S/C14H18N2OS/c15-13-6-8-18-14(13)10-16-12-5-1-3-11(9-12)4-2-7-17/h1,3,5-6,8-9,16-17H,2,4,7,10,15H2. The highest BCUT2D eigenvalue weighted by Gasteiger charge is 2.01. The van der Waals surface area contributed by atoms with E-state index in [1.165, 1.54) is 5.56 Å². The van der Waals surface area contributed by atoms with Crippen LogP contribution in [0.2, 0.25) is 0 Å². The van der Waals surface area contributed by atoms with Gasteiger partial charge in [-0.3, -0.25) is 0 Å². The average molecular weight is 262 g/mol. The van der Waals surface area contributed by atoms with Crippen LogP contribution in [-0.4, -0.2) is 11.7 Å². The number of aliphatic hydroxyl groups excluding tert-OH is 1. The molecule has 0 spiro atoms. The highest BCUT2D eigenvalue weighted by atomic mass is 32.1. The van der Waals surface area contributed by atoms with Gasteiger partial charge < -0.3 is 16.2 Å². The summed E-state index contributed by atoms with van der Waals surface area (Å²) in [6.07, 6.45) is 1.72. The number of nitrogens with one attached hydrogen (secondary N) is 1. The first-order chi connectivity index (χ1) is 8.79. The molecule has 0 fully saturated rings. The van der Waals surface area contributed by atoms with Crippen LogP contribution in [0.5, 0.6) is 0 Å². The van der Waals surface area contributed by atoms with Crippen LogP contribution >= 0.6 is 11.3 Å². The molecule has 0 bridgehead atoms. The Hall–Kier alpha value is -1.52. The Balaban J connectivity index is 1.95. The van der Waals surface area contributed by atoms with Crippen LogP contribution in [0, 0.1) is 0 Å². The quantitative estimate of drug-likeness (QED) is 0.750. The van der Waals surface area contributed by atoms with E-state index in [9.17, 15) is 0 Å². The molecule has 96 valence electrons. The number of nitrogen functional groups attached to an aromatic ring is 1. The van der Waals surface area contributed by atoms with Gasteiger partial charge in [0.15, 0.2) is 0 Å². The van der Waals surface area contributed by atoms with Gasteiger partial charge in [-0.25, -0.2) is 0 Å². The molecule has 2 aromatic rings. The van der Waals surface area contributed by atoms with E-state index in [0.29, 0.717) is 0 Å². The zero-order valence-corrected chi connectivity index (χ0v) is 11.0. The summed E-state index contributed by atoms with van der Waals surface area (Å²) in [4.78, 5) is 1.16. The van der Waals surface area contributed by atoms with Crippen molar-refractivity contribution < 1.29 is 5.11 Å². The van der Waals surface area contributed by atoms with E-state index in [1.807, 2.05) is 23.6 Å². The lowest BCUT2D eigenvalue weighted by molar-refractivity contribution is 0.288. The molecule has 0 aliphatic rings. The van der Waals surface area contributed by atoms with E-state index in [1.54, 1.807) is 11.3 Å². The monoisotopic (exact) mass is 262 g/mol. The predicted molar refractivity (Wildman–Crippen MR) is 77.9 cm³/mol. The normalized spacial score (nSPS) is 10.5. The van der Waals surface area contributed by atoms with E-state index < -0.39 is 0 Å². The van der Waals surface area contributed by atoms with Gasteiger partial charge in [-0.15, -0.1) is 11.3 Å². The van der Waals surface area contributed by atoms with Gasteiger partial charge in [0.1, 0.15) is 0 Å². The number of anilines is 2. The molecule has 3 nitrogen and oxygen atoms in total. The molecule has 4 heteroatoms. The van der Waals surface area contributed by atoms with Gasteiger partial charge in [0, 0.05) is 22.9 Å². The molecule has 18 heavy (non-hydrogen) atoms. The molecule has 1 aromatic carbocycles. The molecule has 0 aliphatic carbocycles. The third-order valence-electron chi connectivity index (χ3n) is 2.78. The van der Waals surface area contributed by atoms with Gasteiger partial charge in [-0.2, -0.15) is 0 Å².